The fraction of sp³-hybridized carbons (Fsp3) is 0.600. The van der Waals surface area contributed by atoms with Gasteiger partial charge in [-0.1, -0.05) is 5.21 Å². The van der Waals surface area contributed by atoms with Gasteiger partial charge in [0.15, 0.2) is 5.69 Å². The molecule has 0 bridgehead atoms. The normalized spacial score (nSPS) is 22.7. The van der Waals surface area contributed by atoms with Crippen molar-refractivity contribution >= 4 is 23.6 Å². The number of aromatic nitrogens is 3. The first-order valence-corrected chi connectivity index (χ1v) is 6.86. The maximum Gasteiger partial charge on any atom is 0.327 e. The highest BCUT2D eigenvalue weighted by molar-refractivity contribution is 8.00. The molecule has 8 nitrogen and oxygen atoms in total. The summed E-state index contributed by atoms with van der Waals surface area (Å²) in [6.07, 6.45) is 1.49. The molecule has 9 heteroatoms. The second kappa shape index (κ2) is 5.57. The molecule has 0 spiro atoms. The molecule has 3 N–H and O–H groups in total. The van der Waals surface area contributed by atoms with E-state index in [0.717, 1.165) is 0 Å². The zero-order valence-corrected chi connectivity index (χ0v) is 11.2. The molecular weight excluding hydrogens is 270 g/mol. The summed E-state index contributed by atoms with van der Waals surface area (Å²) in [4.78, 5) is 24.8. The number of hydrogen-bond acceptors (Lipinski definition) is 6. The molecule has 1 saturated heterocycles. The van der Waals surface area contributed by atoms with Gasteiger partial charge < -0.3 is 15.7 Å². The summed E-state index contributed by atoms with van der Waals surface area (Å²) in [7, 11) is 0. The van der Waals surface area contributed by atoms with Crippen LogP contribution in [-0.4, -0.2) is 60.6 Å². The molecule has 0 aromatic carbocycles. The quantitative estimate of drug-likeness (QED) is 0.746. The molecule has 0 radical (unpaired) electrons. The topological polar surface area (TPSA) is 114 Å². The molecule has 2 atom stereocenters. The van der Waals surface area contributed by atoms with Gasteiger partial charge >= 0.3 is 5.97 Å². The lowest BCUT2D eigenvalue weighted by Gasteiger charge is -2.23. The van der Waals surface area contributed by atoms with Gasteiger partial charge in [0.25, 0.3) is 5.91 Å². The van der Waals surface area contributed by atoms with Crippen molar-refractivity contribution in [1.82, 2.24) is 19.9 Å². The highest BCUT2D eigenvalue weighted by Crippen LogP contribution is 2.29. The minimum Gasteiger partial charge on any atom is -0.480 e. The van der Waals surface area contributed by atoms with Gasteiger partial charge in [0.05, 0.1) is 18.1 Å². The van der Waals surface area contributed by atoms with E-state index in [1.807, 2.05) is 0 Å². The molecule has 2 heterocycles. The molecule has 1 fully saturated rings. The van der Waals surface area contributed by atoms with Crippen LogP contribution in [0.3, 0.4) is 0 Å². The molecule has 1 aromatic heterocycles. The molecule has 1 aliphatic rings. The number of carboxylic acid groups (broad SMARTS) is 1. The molecule has 0 aliphatic carbocycles. The minimum absolute atomic E-state index is 0.147. The van der Waals surface area contributed by atoms with E-state index in [4.69, 9.17) is 10.8 Å². The van der Waals surface area contributed by atoms with Gasteiger partial charge in [-0.3, -0.25) is 9.48 Å². The van der Waals surface area contributed by atoms with Gasteiger partial charge in [-0.2, -0.15) is 0 Å². The fourth-order valence-electron chi connectivity index (χ4n) is 1.91. The number of rotatable bonds is 4. The number of aliphatic carboxylic acids is 1. The second-order valence-electron chi connectivity index (χ2n) is 4.15. The Morgan fingerprint density at radius 3 is 3.00 bits per heavy atom. The fourth-order valence-corrected chi connectivity index (χ4v) is 3.08. The zero-order valence-electron chi connectivity index (χ0n) is 10.4. The Balaban J connectivity index is 2.19. The van der Waals surface area contributed by atoms with E-state index >= 15 is 0 Å². The first-order valence-electron chi connectivity index (χ1n) is 5.82. The van der Waals surface area contributed by atoms with Gasteiger partial charge in [0.2, 0.25) is 0 Å². The standard InChI is InChI=1S/C10H15N5O3S/c1-6-15(8(5-19-6)10(17)18)9(16)7-4-14(3-2-11)13-12-7/h4,6,8H,2-3,5,11H2,1H3,(H,17,18). The number of nitrogens with zero attached hydrogens (tertiary/aromatic N) is 4. The lowest BCUT2D eigenvalue weighted by atomic mass is 10.2. The van der Waals surface area contributed by atoms with Gasteiger partial charge in [-0.25, -0.2) is 4.79 Å². The predicted molar refractivity (Wildman–Crippen MR) is 68.6 cm³/mol. The number of amides is 1. The second-order valence-corrected chi connectivity index (χ2v) is 5.50. The van der Waals surface area contributed by atoms with E-state index in [9.17, 15) is 9.59 Å². The zero-order chi connectivity index (χ0) is 14.0. The third-order valence-electron chi connectivity index (χ3n) is 2.86. The molecular formula is C10H15N5O3S. The van der Waals surface area contributed by atoms with Crippen LogP contribution >= 0.6 is 11.8 Å². The molecule has 19 heavy (non-hydrogen) atoms. The van der Waals surface area contributed by atoms with Crippen molar-refractivity contribution in [3.8, 4) is 0 Å². The Morgan fingerprint density at radius 1 is 1.63 bits per heavy atom. The van der Waals surface area contributed by atoms with Gasteiger partial charge in [-0.15, -0.1) is 16.9 Å². The van der Waals surface area contributed by atoms with Crippen LogP contribution in [0.1, 0.15) is 17.4 Å². The summed E-state index contributed by atoms with van der Waals surface area (Å²) >= 11 is 1.43. The Kier molecular flexibility index (Phi) is 4.05. The predicted octanol–water partition coefficient (Wildman–Crippen LogP) is -0.775. The summed E-state index contributed by atoms with van der Waals surface area (Å²) in [5.41, 5.74) is 5.53. The van der Waals surface area contributed by atoms with Crippen molar-refractivity contribution in [2.45, 2.75) is 24.9 Å². The van der Waals surface area contributed by atoms with Crippen molar-refractivity contribution in [3.63, 3.8) is 0 Å². The summed E-state index contributed by atoms with van der Waals surface area (Å²) in [6.45, 7) is 2.66. The minimum atomic E-state index is -1.00. The molecule has 104 valence electrons. The van der Waals surface area contributed by atoms with E-state index in [0.29, 0.717) is 18.8 Å². The van der Waals surface area contributed by atoms with Crippen LogP contribution in [-0.2, 0) is 11.3 Å². The number of thioether (sulfide) groups is 1. The van der Waals surface area contributed by atoms with Crippen molar-refractivity contribution in [2.24, 2.45) is 5.73 Å². The smallest absolute Gasteiger partial charge is 0.327 e. The van der Waals surface area contributed by atoms with E-state index in [1.54, 1.807) is 6.92 Å². The lowest BCUT2D eigenvalue weighted by Crippen LogP contribution is -2.44. The summed E-state index contributed by atoms with van der Waals surface area (Å²) in [5, 5.41) is 16.5. The number of carboxylic acids is 1. The van der Waals surface area contributed by atoms with Crippen LogP contribution in [0.25, 0.3) is 0 Å². The Hall–Kier alpha value is -1.61. The van der Waals surface area contributed by atoms with Crippen molar-refractivity contribution in [1.29, 1.82) is 0 Å². The molecule has 1 aliphatic heterocycles. The Labute approximate surface area is 113 Å². The van der Waals surface area contributed by atoms with Crippen LogP contribution in [0, 0.1) is 0 Å². The van der Waals surface area contributed by atoms with Crippen LogP contribution < -0.4 is 5.73 Å². The molecule has 2 rings (SSSR count). The third-order valence-corrected chi connectivity index (χ3v) is 4.08. The first kappa shape index (κ1) is 13.8. The Morgan fingerprint density at radius 2 is 2.37 bits per heavy atom. The SMILES string of the molecule is CC1SCC(C(=O)O)N1C(=O)c1cn(CCN)nn1. The van der Waals surface area contributed by atoms with Crippen molar-refractivity contribution in [2.75, 3.05) is 12.3 Å². The van der Waals surface area contributed by atoms with Crippen LogP contribution in [0.15, 0.2) is 6.20 Å². The van der Waals surface area contributed by atoms with Gasteiger partial charge in [0.1, 0.15) is 6.04 Å². The third kappa shape index (κ3) is 2.71. The van der Waals surface area contributed by atoms with E-state index in [2.05, 4.69) is 10.3 Å². The number of carbonyl (C=O) groups excluding carboxylic acids is 1. The largest absolute Gasteiger partial charge is 0.480 e. The maximum atomic E-state index is 12.3. The van der Waals surface area contributed by atoms with Gasteiger partial charge in [-0.05, 0) is 6.92 Å². The molecule has 1 aromatic rings. The number of hydrogen-bond donors (Lipinski definition) is 2. The Bertz CT molecular complexity index is 491. The van der Waals surface area contributed by atoms with Crippen LogP contribution in [0.5, 0.6) is 0 Å². The lowest BCUT2D eigenvalue weighted by molar-refractivity contribution is -0.141. The van der Waals surface area contributed by atoms with Crippen molar-refractivity contribution < 1.29 is 14.7 Å². The number of nitrogens with two attached hydrogens (primary N) is 1. The molecule has 0 saturated carbocycles. The van der Waals surface area contributed by atoms with Crippen LogP contribution in [0.4, 0.5) is 0 Å². The monoisotopic (exact) mass is 285 g/mol. The average Bonchev–Trinajstić information content (AvgIpc) is 2.95. The number of carbonyl (C=O) groups is 2. The highest BCUT2D eigenvalue weighted by atomic mass is 32.2. The van der Waals surface area contributed by atoms with E-state index in [-0.39, 0.29) is 11.1 Å². The highest BCUT2D eigenvalue weighted by Gasteiger charge is 2.40. The average molecular weight is 285 g/mol. The van der Waals surface area contributed by atoms with Crippen molar-refractivity contribution in [3.05, 3.63) is 11.9 Å². The van der Waals surface area contributed by atoms with E-state index in [1.165, 1.54) is 27.5 Å². The van der Waals surface area contributed by atoms with Gasteiger partial charge in [0, 0.05) is 12.3 Å². The summed E-state index contributed by atoms with van der Waals surface area (Å²) in [5.74, 6) is -1.02. The molecule has 2 unspecified atom stereocenters. The summed E-state index contributed by atoms with van der Waals surface area (Å²) < 4.78 is 1.47. The summed E-state index contributed by atoms with van der Waals surface area (Å²) in [6, 6.07) is -0.813. The molecule has 1 amide bonds. The first-order chi connectivity index (χ1) is 9.04. The van der Waals surface area contributed by atoms with E-state index < -0.39 is 17.9 Å². The maximum absolute atomic E-state index is 12.3. The van der Waals surface area contributed by atoms with Crippen LogP contribution in [0.2, 0.25) is 0 Å².